The summed E-state index contributed by atoms with van der Waals surface area (Å²) in [5.74, 6) is 1.54. The van der Waals surface area contributed by atoms with Crippen LogP contribution in [-0.2, 0) is 6.42 Å². The Balaban J connectivity index is 1.81. The average Bonchev–Trinajstić information content (AvgIpc) is 2.87. The fourth-order valence-electron chi connectivity index (χ4n) is 4.69. The van der Waals surface area contributed by atoms with Gasteiger partial charge in [-0.25, -0.2) is 4.98 Å². The Hall–Kier alpha value is -3.92. The highest BCUT2D eigenvalue weighted by Crippen LogP contribution is 2.38. The topological polar surface area (TPSA) is 43.7 Å². The van der Waals surface area contributed by atoms with Gasteiger partial charge in [0.05, 0.1) is 19.2 Å². The SMILES string of the molecule is CC=N/C=C(\C)C1c2cccc(c2)OCCc2cccc(c2)-c2cc(OC)nc3ccc1cc23. The summed E-state index contributed by atoms with van der Waals surface area (Å²) >= 11 is 0. The van der Waals surface area contributed by atoms with Crippen molar-refractivity contribution < 1.29 is 9.47 Å². The molecule has 0 saturated carbocycles. The predicted octanol–water partition coefficient (Wildman–Crippen LogP) is 6.97. The summed E-state index contributed by atoms with van der Waals surface area (Å²) in [6, 6.07) is 25.6. The van der Waals surface area contributed by atoms with Gasteiger partial charge in [0.1, 0.15) is 5.75 Å². The fourth-order valence-corrected chi connectivity index (χ4v) is 4.69. The number of allylic oxidation sites excluding steroid dienone is 1. The van der Waals surface area contributed by atoms with E-state index in [1.807, 2.05) is 31.5 Å². The van der Waals surface area contributed by atoms with Gasteiger partial charge in [-0.3, -0.25) is 4.99 Å². The van der Waals surface area contributed by atoms with Crippen molar-refractivity contribution in [3.05, 3.63) is 101 Å². The predicted molar refractivity (Wildman–Crippen MR) is 139 cm³/mol. The van der Waals surface area contributed by atoms with Crippen LogP contribution in [0.3, 0.4) is 0 Å². The molecular weight excluding hydrogens is 420 g/mol. The highest BCUT2D eigenvalue weighted by Gasteiger charge is 2.20. The lowest BCUT2D eigenvalue weighted by Crippen LogP contribution is -2.06. The van der Waals surface area contributed by atoms with Crippen LogP contribution >= 0.6 is 0 Å². The van der Waals surface area contributed by atoms with Crippen LogP contribution in [0.25, 0.3) is 22.0 Å². The molecule has 0 spiro atoms. The number of hydrogen-bond acceptors (Lipinski definition) is 4. The van der Waals surface area contributed by atoms with Gasteiger partial charge >= 0.3 is 0 Å². The van der Waals surface area contributed by atoms with Crippen molar-refractivity contribution in [1.82, 2.24) is 4.98 Å². The zero-order valence-electron chi connectivity index (χ0n) is 19.8. The molecule has 4 aromatic rings. The van der Waals surface area contributed by atoms with Gasteiger partial charge in [0.2, 0.25) is 5.88 Å². The van der Waals surface area contributed by atoms with Gasteiger partial charge in [0, 0.05) is 36.2 Å². The van der Waals surface area contributed by atoms with Crippen LogP contribution in [0.4, 0.5) is 0 Å². The number of benzene rings is 3. The quantitative estimate of drug-likeness (QED) is 0.318. The smallest absolute Gasteiger partial charge is 0.214 e. The standard InChI is InChI=1S/C30H28N2O2/c1-4-31-19-20(2)30-23-9-6-10-25(16-23)34-14-13-21-7-5-8-22(15-21)26-18-29(33-3)32-28-12-11-24(30)17-27(26)28/h4-12,15-19,30H,13-14H2,1-3H3/b20-19+,31-4?. The van der Waals surface area contributed by atoms with Crippen LogP contribution in [0.1, 0.15) is 36.5 Å². The first-order valence-electron chi connectivity index (χ1n) is 11.6. The second-order valence-electron chi connectivity index (χ2n) is 8.57. The molecule has 1 atom stereocenters. The van der Waals surface area contributed by atoms with Crippen LogP contribution in [0.15, 0.2) is 89.6 Å². The molecule has 0 amide bonds. The molecule has 1 aromatic heterocycles. The van der Waals surface area contributed by atoms with E-state index < -0.39 is 0 Å². The van der Waals surface area contributed by atoms with Gasteiger partial charge in [-0.1, -0.05) is 42.5 Å². The number of methoxy groups -OCH3 is 1. The number of ether oxygens (including phenoxy) is 2. The number of rotatable bonds is 3. The summed E-state index contributed by atoms with van der Waals surface area (Å²) in [6.45, 7) is 4.68. The summed E-state index contributed by atoms with van der Waals surface area (Å²) in [7, 11) is 1.66. The van der Waals surface area contributed by atoms with Crippen LogP contribution in [0, 0.1) is 0 Å². The molecule has 5 rings (SSSR count). The van der Waals surface area contributed by atoms with E-state index in [0.717, 1.165) is 39.8 Å². The Morgan fingerprint density at radius 3 is 2.74 bits per heavy atom. The minimum absolute atomic E-state index is 0.0425. The third-order valence-electron chi connectivity index (χ3n) is 6.32. The van der Waals surface area contributed by atoms with E-state index in [1.54, 1.807) is 7.11 Å². The molecule has 3 aromatic carbocycles. The molecule has 0 fully saturated rings. The second kappa shape index (κ2) is 9.52. The molecule has 6 bridgehead atoms. The zero-order chi connectivity index (χ0) is 23.5. The maximum Gasteiger partial charge on any atom is 0.214 e. The van der Waals surface area contributed by atoms with E-state index >= 15 is 0 Å². The Kier molecular flexibility index (Phi) is 6.13. The summed E-state index contributed by atoms with van der Waals surface area (Å²) in [5.41, 5.74) is 7.94. The molecule has 1 aliphatic rings. The van der Waals surface area contributed by atoms with Gasteiger partial charge in [0.15, 0.2) is 0 Å². The number of pyridine rings is 1. The summed E-state index contributed by atoms with van der Waals surface area (Å²) in [5, 5.41) is 1.11. The first kappa shape index (κ1) is 21.9. The van der Waals surface area contributed by atoms with Crippen molar-refractivity contribution in [2.24, 2.45) is 4.99 Å². The Labute approximate surface area is 200 Å². The van der Waals surface area contributed by atoms with Crippen LogP contribution in [0.5, 0.6) is 11.6 Å². The van der Waals surface area contributed by atoms with Gasteiger partial charge in [-0.05, 0) is 71.5 Å². The van der Waals surface area contributed by atoms with Gasteiger partial charge in [-0.2, -0.15) is 0 Å². The lowest BCUT2D eigenvalue weighted by molar-refractivity contribution is 0.321. The van der Waals surface area contributed by atoms with Crippen LogP contribution in [0.2, 0.25) is 0 Å². The lowest BCUT2D eigenvalue weighted by Gasteiger charge is -2.21. The summed E-state index contributed by atoms with van der Waals surface area (Å²) in [4.78, 5) is 9.15. The number of fused-ring (bicyclic) bond motifs is 6. The minimum atomic E-state index is 0.0425. The molecule has 170 valence electrons. The van der Waals surface area contributed by atoms with E-state index in [-0.39, 0.29) is 5.92 Å². The molecule has 1 aliphatic heterocycles. The molecule has 0 saturated heterocycles. The average molecular weight is 449 g/mol. The fraction of sp³-hybridized carbons (Fsp3) is 0.200. The van der Waals surface area contributed by atoms with Crippen molar-refractivity contribution in [2.75, 3.05) is 13.7 Å². The monoisotopic (exact) mass is 448 g/mol. The largest absolute Gasteiger partial charge is 0.493 e. The van der Waals surface area contributed by atoms with E-state index in [2.05, 4.69) is 72.6 Å². The normalized spacial score (nSPS) is 15.9. The van der Waals surface area contributed by atoms with E-state index in [4.69, 9.17) is 14.5 Å². The Bertz CT molecular complexity index is 1400. The van der Waals surface area contributed by atoms with E-state index in [1.165, 1.54) is 16.7 Å². The van der Waals surface area contributed by atoms with Crippen molar-refractivity contribution in [3.63, 3.8) is 0 Å². The first-order valence-corrected chi connectivity index (χ1v) is 11.6. The Morgan fingerprint density at radius 1 is 1.03 bits per heavy atom. The first-order chi connectivity index (χ1) is 16.7. The number of nitrogens with zero attached hydrogens (tertiary/aromatic N) is 2. The van der Waals surface area contributed by atoms with Crippen LogP contribution < -0.4 is 9.47 Å². The number of aromatic nitrogens is 1. The summed E-state index contributed by atoms with van der Waals surface area (Å²) in [6.07, 6.45) is 4.59. The molecule has 0 N–H and O–H groups in total. The van der Waals surface area contributed by atoms with Gasteiger partial charge < -0.3 is 9.47 Å². The molecular formula is C30H28N2O2. The van der Waals surface area contributed by atoms with Gasteiger partial charge in [0.25, 0.3) is 0 Å². The highest BCUT2D eigenvalue weighted by atomic mass is 16.5. The second-order valence-corrected chi connectivity index (χ2v) is 8.57. The molecule has 0 aliphatic carbocycles. The Morgan fingerprint density at radius 2 is 1.88 bits per heavy atom. The maximum absolute atomic E-state index is 6.17. The molecule has 4 nitrogen and oxygen atoms in total. The number of hydrogen-bond donors (Lipinski definition) is 0. The van der Waals surface area contributed by atoms with Crippen molar-refractivity contribution >= 4 is 17.1 Å². The third kappa shape index (κ3) is 4.32. The molecule has 0 radical (unpaired) electrons. The zero-order valence-corrected chi connectivity index (χ0v) is 19.8. The van der Waals surface area contributed by atoms with E-state index in [9.17, 15) is 0 Å². The van der Waals surface area contributed by atoms with Crippen LogP contribution in [-0.4, -0.2) is 24.9 Å². The molecule has 2 heterocycles. The highest BCUT2D eigenvalue weighted by molar-refractivity contribution is 5.96. The van der Waals surface area contributed by atoms with Gasteiger partial charge in [-0.15, -0.1) is 0 Å². The lowest BCUT2D eigenvalue weighted by atomic mass is 9.84. The minimum Gasteiger partial charge on any atom is -0.493 e. The van der Waals surface area contributed by atoms with Crippen molar-refractivity contribution in [3.8, 4) is 22.8 Å². The number of aliphatic imine (C=N–C) groups is 1. The summed E-state index contributed by atoms with van der Waals surface area (Å²) < 4.78 is 11.7. The maximum atomic E-state index is 6.17. The molecule has 34 heavy (non-hydrogen) atoms. The molecule has 1 unspecified atom stereocenters. The van der Waals surface area contributed by atoms with Crippen molar-refractivity contribution in [1.29, 1.82) is 0 Å². The molecule has 4 heteroatoms. The third-order valence-corrected chi connectivity index (χ3v) is 6.32. The van der Waals surface area contributed by atoms with Crippen molar-refractivity contribution in [2.45, 2.75) is 26.2 Å². The van der Waals surface area contributed by atoms with E-state index in [0.29, 0.717) is 12.5 Å².